The summed E-state index contributed by atoms with van der Waals surface area (Å²) in [5.74, 6) is -0.0543. The first-order chi connectivity index (χ1) is 9.32. The lowest BCUT2D eigenvalue weighted by atomic mass is 9.95. The van der Waals surface area contributed by atoms with E-state index in [1.165, 1.54) is 4.90 Å². The van der Waals surface area contributed by atoms with Gasteiger partial charge in [-0.15, -0.1) is 0 Å². The highest BCUT2D eigenvalue weighted by atomic mass is 32.2. The zero-order valence-electron chi connectivity index (χ0n) is 12.4. The van der Waals surface area contributed by atoms with Crippen molar-refractivity contribution in [2.75, 3.05) is 24.6 Å². The van der Waals surface area contributed by atoms with Crippen LogP contribution in [-0.2, 0) is 19.4 Å². The first-order valence-corrected chi connectivity index (χ1v) is 8.92. The molecule has 1 rings (SSSR count). The van der Waals surface area contributed by atoms with E-state index in [0.29, 0.717) is 13.0 Å². The van der Waals surface area contributed by atoms with Gasteiger partial charge in [-0.1, -0.05) is 27.2 Å². The molecule has 0 bridgehead atoms. The van der Waals surface area contributed by atoms with Crippen molar-refractivity contribution >= 4 is 21.7 Å². The predicted molar refractivity (Wildman–Crippen MR) is 76.9 cm³/mol. The van der Waals surface area contributed by atoms with Crippen LogP contribution in [0.1, 0.15) is 33.6 Å². The second-order valence-corrected chi connectivity index (χ2v) is 7.70. The van der Waals surface area contributed by atoms with Crippen molar-refractivity contribution in [1.82, 2.24) is 10.2 Å². The average Bonchev–Trinajstić information content (AvgIpc) is 2.41. The van der Waals surface area contributed by atoms with Crippen LogP contribution in [0.25, 0.3) is 0 Å². The van der Waals surface area contributed by atoms with E-state index < -0.39 is 15.9 Å². The molecule has 0 radical (unpaired) electrons. The molecule has 20 heavy (non-hydrogen) atoms. The molecule has 1 fully saturated rings. The van der Waals surface area contributed by atoms with Crippen LogP contribution in [0.4, 0.5) is 0 Å². The number of nitrogens with zero attached hydrogens (tertiary/aromatic N) is 1. The fourth-order valence-electron chi connectivity index (χ4n) is 2.32. The Bertz CT molecular complexity index is 461. The number of amides is 2. The normalized spacial score (nSPS) is 21.8. The molecule has 1 aliphatic rings. The highest BCUT2D eigenvalue weighted by molar-refractivity contribution is 7.91. The van der Waals surface area contributed by atoms with E-state index in [9.17, 15) is 18.0 Å². The fourth-order valence-corrected chi connectivity index (χ4v) is 3.17. The summed E-state index contributed by atoms with van der Waals surface area (Å²) in [6, 6.07) is -0.481. The van der Waals surface area contributed by atoms with Gasteiger partial charge in [0.1, 0.15) is 15.9 Å². The van der Waals surface area contributed by atoms with E-state index in [0.717, 1.165) is 6.42 Å². The van der Waals surface area contributed by atoms with Gasteiger partial charge in [-0.2, -0.15) is 0 Å². The molecule has 1 aliphatic heterocycles. The highest BCUT2D eigenvalue weighted by Crippen LogP contribution is 2.18. The zero-order valence-corrected chi connectivity index (χ0v) is 13.2. The number of hydrogen-bond acceptors (Lipinski definition) is 4. The third kappa shape index (κ3) is 4.19. The van der Waals surface area contributed by atoms with Gasteiger partial charge in [0, 0.05) is 12.3 Å². The van der Waals surface area contributed by atoms with Crippen LogP contribution in [0.5, 0.6) is 0 Å². The fraction of sp³-hybridized carbons (Fsp3) is 0.846. The molecule has 1 saturated heterocycles. The van der Waals surface area contributed by atoms with Crippen LogP contribution in [0.15, 0.2) is 0 Å². The average molecular weight is 304 g/mol. The van der Waals surface area contributed by atoms with E-state index in [4.69, 9.17) is 0 Å². The van der Waals surface area contributed by atoms with Crippen LogP contribution in [-0.4, -0.2) is 55.8 Å². The summed E-state index contributed by atoms with van der Waals surface area (Å²) in [5, 5.41) is 2.60. The molecule has 0 spiro atoms. The van der Waals surface area contributed by atoms with Gasteiger partial charge in [0.2, 0.25) is 11.8 Å². The summed E-state index contributed by atoms with van der Waals surface area (Å²) in [6.45, 7) is 5.83. The SMILES string of the molecule is CCC(C)C1C(=O)NCC(=O)N1CCCS(=O)(=O)CC. The van der Waals surface area contributed by atoms with Crippen molar-refractivity contribution in [2.24, 2.45) is 5.92 Å². The molecule has 0 aliphatic carbocycles. The Morgan fingerprint density at radius 1 is 1.35 bits per heavy atom. The van der Waals surface area contributed by atoms with Crippen LogP contribution in [0, 0.1) is 5.92 Å². The Morgan fingerprint density at radius 2 is 2.00 bits per heavy atom. The number of rotatable bonds is 7. The molecule has 7 heteroatoms. The van der Waals surface area contributed by atoms with Gasteiger partial charge in [0.15, 0.2) is 0 Å². The number of nitrogens with one attached hydrogen (secondary N) is 1. The lowest BCUT2D eigenvalue weighted by Gasteiger charge is -2.38. The van der Waals surface area contributed by atoms with E-state index in [1.807, 2.05) is 13.8 Å². The Kier molecular flexibility index (Phi) is 5.98. The molecule has 0 aromatic heterocycles. The summed E-state index contributed by atoms with van der Waals surface area (Å²) < 4.78 is 23.0. The van der Waals surface area contributed by atoms with E-state index in [-0.39, 0.29) is 35.8 Å². The minimum Gasteiger partial charge on any atom is -0.345 e. The third-order valence-electron chi connectivity index (χ3n) is 3.82. The molecule has 116 valence electrons. The highest BCUT2D eigenvalue weighted by Gasteiger charge is 2.37. The van der Waals surface area contributed by atoms with E-state index >= 15 is 0 Å². The minimum atomic E-state index is -3.03. The molecule has 6 nitrogen and oxygen atoms in total. The van der Waals surface area contributed by atoms with Gasteiger partial charge in [-0.3, -0.25) is 9.59 Å². The quantitative estimate of drug-likeness (QED) is 0.727. The molecule has 0 saturated carbocycles. The first-order valence-electron chi connectivity index (χ1n) is 7.10. The number of sulfone groups is 1. The maximum atomic E-state index is 12.0. The number of carbonyl (C=O) groups excluding carboxylic acids is 2. The molecule has 0 aromatic rings. The van der Waals surface area contributed by atoms with E-state index in [2.05, 4.69) is 5.32 Å². The second-order valence-electron chi connectivity index (χ2n) is 5.23. The van der Waals surface area contributed by atoms with Gasteiger partial charge in [-0.25, -0.2) is 8.42 Å². The largest absolute Gasteiger partial charge is 0.345 e. The van der Waals surface area contributed by atoms with Crippen molar-refractivity contribution in [1.29, 1.82) is 0 Å². The Labute approximate surface area is 120 Å². The molecule has 0 aromatic carbocycles. The van der Waals surface area contributed by atoms with Crippen molar-refractivity contribution in [3.63, 3.8) is 0 Å². The van der Waals surface area contributed by atoms with Crippen LogP contribution in [0.3, 0.4) is 0 Å². The van der Waals surface area contributed by atoms with Gasteiger partial charge >= 0.3 is 0 Å². The van der Waals surface area contributed by atoms with Crippen LogP contribution in [0.2, 0.25) is 0 Å². The standard InChI is InChI=1S/C13H24N2O4S/c1-4-10(3)12-13(17)14-9-11(16)15(12)7-6-8-20(18,19)5-2/h10,12H,4-9H2,1-3H3,(H,14,17). The molecule has 1 heterocycles. The van der Waals surface area contributed by atoms with Gasteiger partial charge in [-0.05, 0) is 12.3 Å². The summed E-state index contributed by atoms with van der Waals surface area (Å²) in [6.07, 6.45) is 1.16. The van der Waals surface area contributed by atoms with Crippen molar-refractivity contribution in [3.8, 4) is 0 Å². The molecule has 2 atom stereocenters. The third-order valence-corrected chi connectivity index (χ3v) is 5.61. The maximum Gasteiger partial charge on any atom is 0.243 e. The molecular weight excluding hydrogens is 280 g/mol. The summed E-state index contributed by atoms with van der Waals surface area (Å²) >= 11 is 0. The molecule has 2 amide bonds. The van der Waals surface area contributed by atoms with Crippen LogP contribution < -0.4 is 5.32 Å². The summed E-state index contributed by atoms with van der Waals surface area (Å²) in [4.78, 5) is 25.4. The zero-order chi connectivity index (χ0) is 15.3. The van der Waals surface area contributed by atoms with Crippen molar-refractivity contribution in [2.45, 2.75) is 39.7 Å². The Balaban J connectivity index is 2.71. The topological polar surface area (TPSA) is 83.6 Å². The Hall–Kier alpha value is -1.11. The molecular formula is C13H24N2O4S. The Morgan fingerprint density at radius 3 is 2.55 bits per heavy atom. The number of piperazine rings is 1. The van der Waals surface area contributed by atoms with Gasteiger partial charge < -0.3 is 10.2 Å². The van der Waals surface area contributed by atoms with Crippen LogP contribution >= 0.6 is 0 Å². The molecule has 2 unspecified atom stereocenters. The lowest BCUT2D eigenvalue weighted by Crippen LogP contribution is -2.60. The molecule has 1 N–H and O–H groups in total. The number of hydrogen-bond donors (Lipinski definition) is 1. The minimum absolute atomic E-state index is 0.00625. The van der Waals surface area contributed by atoms with E-state index in [1.54, 1.807) is 6.92 Å². The predicted octanol–water partition coefficient (Wildman–Crippen LogP) is 0.184. The van der Waals surface area contributed by atoms with Gasteiger partial charge in [0.25, 0.3) is 0 Å². The second kappa shape index (κ2) is 7.06. The summed E-state index contributed by atoms with van der Waals surface area (Å²) in [5.41, 5.74) is 0. The number of carbonyl (C=O) groups is 2. The monoisotopic (exact) mass is 304 g/mol. The van der Waals surface area contributed by atoms with Crippen molar-refractivity contribution in [3.05, 3.63) is 0 Å². The van der Waals surface area contributed by atoms with Gasteiger partial charge in [0.05, 0.1) is 12.3 Å². The lowest BCUT2D eigenvalue weighted by molar-refractivity contribution is -0.147. The van der Waals surface area contributed by atoms with Crippen molar-refractivity contribution < 1.29 is 18.0 Å². The summed E-state index contributed by atoms with van der Waals surface area (Å²) in [7, 11) is -3.03. The maximum absolute atomic E-state index is 12.0. The first kappa shape index (κ1) is 16.9. The smallest absolute Gasteiger partial charge is 0.243 e.